The number of para-hydroxylation sites is 1. The van der Waals surface area contributed by atoms with Crippen LogP contribution in [0.4, 0.5) is 14.9 Å². The molecule has 1 aromatic carbocycles. The van der Waals surface area contributed by atoms with Gasteiger partial charge in [-0.05, 0) is 37.8 Å². The summed E-state index contributed by atoms with van der Waals surface area (Å²) >= 11 is 0. The van der Waals surface area contributed by atoms with Crippen molar-refractivity contribution >= 4 is 23.6 Å². The van der Waals surface area contributed by atoms with E-state index in [4.69, 9.17) is 0 Å². The highest BCUT2D eigenvalue weighted by atomic mass is 19.1. The van der Waals surface area contributed by atoms with Gasteiger partial charge >= 0.3 is 12.0 Å². The second-order valence-corrected chi connectivity index (χ2v) is 6.72. The number of aliphatic carboxylic acids is 1. The smallest absolute Gasteiger partial charge is 0.326 e. The van der Waals surface area contributed by atoms with Gasteiger partial charge in [-0.2, -0.15) is 0 Å². The third-order valence-electron chi connectivity index (χ3n) is 4.99. The van der Waals surface area contributed by atoms with Crippen molar-refractivity contribution in [2.75, 3.05) is 25.0 Å². The van der Waals surface area contributed by atoms with Gasteiger partial charge in [0.1, 0.15) is 11.9 Å². The Bertz CT molecular complexity index is 711. The molecule has 2 aliphatic heterocycles. The number of piperidine rings is 1. The molecule has 8 heteroatoms. The Balaban J connectivity index is 1.63. The van der Waals surface area contributed by atoms with E-state index in [1.807, 2.05) is 0 Å². The summed E-state index contributed by atoms with van der Waals surface area (Å²) in [6, 6.07) is 4.67. The van der Waals surface area contributed by atoms with Gasteiger partial charge in [0.15, 0.2) is 0 Å². The molecular formula is C18H22FN3O4. The van der Waals surface area contributed by atoms with Crippen LogP contribution in [0.15, 0.2) is 24.3 Å². The largest absolute Gasteiger partial charge is 0.480 e. The Kier molecular flexibility index (Phi) is 5.39. The molecule has 0 spiro atoms. The number of anilines is 1. The van der Waals surface area contributed by atoms with E-state index in [2.05, 4.69) is 5.32 Å². The number of urea groups is 1. The number of nitrogens with one attached hydrogen (secondary N) is 1. The Hall–Kier alpha value is -2.64. The van der Waals surface area contributed by atoms with Crippen molar-refractivity contribution < 1.29 is 23.9 Å². The molecule has 7 nitrogen and oxygen atoms in total. The molecule has 2 atom stereocenters. The third-order valence-corrected chi connectivity index (χ3v) is 4.99. The summed E-state index contributed by atoms with van der Waals surface area (Å²) in [7, 11) is 0. The number of carboxylic acid groups (broad SMARTS) is 1. The molecule has 3 amide bonds. The van der Waals surface area contributed by atoms with Crippen molar-refractivity contribution in [3.8, 4) is 0 Å². The fraction of sp³-hybridized carbons (Fsp3) is 0.500. The van der Waals surface area contributed by atoms with Gasteiger partial charge in [0, 0.05) is 19.6 Å². The monoisotopic (exact) mass is 363 g/mol. The number of carboxylic acids is 1. The predicted octanol–water partition coefficient (Wildman–Crippen LogP) is 2.15. The first kappa shape index (κ1) is 18.2. The van der Waals surface area contributed by atoms with Crippen molar-refractivity contribution in [3.05, 3.63) is 30.1 Å². The van der Waals surface area contributed by atoms with Crippen LogP contribution >= 0.6 is 0 Å². The number of likely N-dealkylation sites (tertiary alicyclic amines) is 2. The topological polar surface area (TPSA) is 90.0 Å². The number of halogens is 1. The van der Waals surface area contributed by atoms with Crippen LogP contribution in [0.2, 0.25) is 0 Å². The number of carbonyl (C=O) groups excluding carboxylic acids is 2. The lowest BCUT2D eigenvalue weighted by Crippen LogP contribution is -2.50. The number of hydrogen-bond acceptors (Lipinski definition) is 3. The van der Waals surface area contributed by atoms with E-state index in [1.54, 1.807) is 6.07 Å². The number of carbonyl (C=O) groups is 3. The molecule has 2 N–H and O–H groups in total. The first-order chi connectivity index (χ1) is 12.5. The molecule has 3 rings (SSSR count). The van der Waals surface area contributed by atoms with Gasteiger partial charge in [0.2, 0.25) is 5.91 Å². The summed E-state index contributed by atoms with van der Waals surface area (Å²) in [5, 5.41) is 11.8. The SMILES string of the molecule is O=C(O)[C@H]1CCCN1C(=O)C1CCCN(C(=O)Nc2ccccc2F)C1. The van der Waals surface area contributed by atoms with Crippen LogP contribution in [0.5, 0.6) is 0 Å². The number of hydrogen-bond donors (Lipinski definition) is 2. The van der Waals surface area contributed by atoms with E-state index in [0.29, 0.717) is 38.8 Å². The molecule has 1 unspecified atom stereocenters. The first-order valence-electron chi connectivity index (χ1n) is 8.81. The highest BCUT2D eigenvalue weighted by molar-refractivity contribution is 5.90. The van der Waals surface area contributed by atoms with Crippen LogP contribution in [-0.2, 0) is 9.59 Å². The van der Waals surface area contributed by atoms with Crippen molar-refractivity contribution in [1.29, 1.82) is 0 Å². The van der Waals surface area contributed by atoms with Crippen LogP contribution in [0.25, 0.3) is 0 Å². The van der Waals surface area contributed by atoms with Crippen LogP contribution in [0.3, 0.4) is 0 Å². The summed E-state index contributed by atoms with van der Waals surface area (Å²) in [5.41, 5.74) is 0.0939. The van der Waals surface area contributed by atoms with Crippen LogP contribution in [0.1, 0.15) is 25.7 Å². The summed E-state index contributed by atoms with van der Waals surface area (Å²) < 4.78 is 13.7. The lowest BCUT2D eigenvalue weighted by Gasteiger charge is -2.34. The molecule has 1 aromatic rings. The zero-order chi connectivity index (χ0) is 18.7. The molecule has 0 aromatic heterocycles. The quantitative estimate of drug-likeness (QED) is 0.861. The second-order valence-electron chi connectivity index (χ2n) is 6.72. The van der Waals surface area contributed by atoms with Crippen LogP contribution < -0.4 is 5.32 Å². The zero-order valence-electron chi connectivity index (χ0n) is 14.4. The van der Waals surface area contributed by atoms with Crippen molar-refractivity contribution in [3.63, 3.8) is 0 Å². The van der Waals surface area contributed by atoms with Crippen molar-refractivity contribution in [2.45, 2.75) is 31.7 Å². The lowest BCUT2D eigenvalue weighted by atomic mass is 9.96. The zero-order valence-corrected chi connectivity index (χ0v) is 14.4. The van der Waals surface area contributed by atoms with E-state index >= 15 is 0 Å². The number of benzene rings is 1. The molecular weight excluding hydrogens is 341 g/mol. The van der Waals surface area contributed by atoms with Gasteiger partial charge in [0.05, 0.1) is 11.6 Å². The van der Waals surface area contributed by atoms with Crippen LogP contribution in [-0.4, -0.2) is 58.5 Å². The van der Waals surface area contributed by atoms with E-state index in [9.17, 15) is 23.9 Å². The fourth-order valence-electron chi connectivity index (χ4n) is 3.64. The molecule has 0 saturated carbocycles. The fourth-order valence-corrected chi connectivity index (χ4v) is 3.64. The van der Waals surface area contributed by atoms with E-state index in [-0.39, 0.29) is 18.1 Å². The molecule has 2 fully saturated rings. The van der Waals surface area contributed by atoms with Gasteiger partial charge in [-0.25, -0.2) is 14.0 Å². The van der Waals surface area contributed by atoms with Crippen molar-refractivity contribution in [2.24, 2.45) is 5.92 Å². The van der Waals surface area contributed by atoms with Gasteiger partial charge < -0.3 is 20.2 Å². The predicted molar refractivity (Wildman–Crippen MR) is 92.1 cm³/mol. The molecule has 2 saturated heterocycles. The molecule has 26 heavy (non-hydrogen) atoms. The third kappa shape index (κ3) is 3.79. The molecule has 2 heterocycles. The molecule has 0 radical (unpaired) electrons. The second kappa shape index (κ2) is 7.72. The Morgan fingerprint density at radius 1 is 1.12 bits per heavy atom. The Labute approximate surface area is 150 Å². The molecule has 140 valence electrons. The normalized spacial score (nSPS) is 23.0. The maximum absolute atomic E-state index is 13.7. The number of rotatable bonds is 3. The summed E-state index contributed by atoms with van der Waals surface area (Å²) in [6.07, 6.45) is 2.40. The molecule has 2 aliphatic rings. The van der Waals surface area contributed by atoms with Gasteiger partial charge in [-0.1, -0.05) is 12.1 Å². The maximum Gasteiger partial charge on any atom is 0.326 e. The van der Waals surface area contributed by atoms with Crippen molar-refractivity contribution in [1.82, 2.24) is 9.80 Å². The standard InChI is InChI=1S/C18H22FN3O4/c19-13-6-1-2-7-14(13)20-18(26)21-9-3-5-12(11-21)16(23)22-10-4-8-15(22)17(24)25/h1-2,6-7,12,15H,3-5,8-11H2,(H,20,26)(H,24,25)/t12?,15-/m1/s1. The highest BCUT2D eigenvalue weighted by Gasteiger charge is 2.39. The Morgan fingerprint density at radius 3 is 2.58 bits per heavy atom. The lowest BCUT2D eigenvalue weighted by molar-refractivity contribution is -0.150. The van der Waals surface area contributed by atoms with Gasteiger partial charge in [-0.15, -0.1) is 0 Å². The maximum atomic E-state index is 13.7. The minimum Gasteiger partial charge on any atom is -0.480 e. The summed E-state index contributed by atoms with van der Waals surface area (Å²) in [6.45, 7) is 1.13. The summed E-state index contributed by atoms with van der Waals surface area (Å²) in [5.74, 6) is -2.14. The van der Waals surface area contributed by atoms with E-state index < -0.39 is 29.8 Å². The number of amides is 3. The Morgan fingerprint density at radius 2 is 1.85 bits per heavy atom. The molecule has 0 bridgehead atoms. The van der Waals surface area contributed by atoms with Gasteiger partial charge in [-0.3, -0.25) is 4.79 Å². The minimum atomic E-state index is -0.985. The summed E-state index contributed by atoms with van der Waals surface area (Å²) in [4.78, 5) is 39.4. The average Bonchev–Trinajstić information content (AvgIpc) is 3.13. The van der Waals surface area contributed by atoms with E-state index in [0.717, 1.165) is 0 Å². The first-order valence-corrected chi connectivity index (χ1v) is 8.81. The number of nitrogens with zero attached hydrogens (tertiary/aromatic N) is 2. The highest BCUT2D eigenvalue weighted by Crippen LogP contribution is 2.25. The average molecular weight is 363 g/mol. The van der Waals surface area contributed by atoms with Gasteiger partial charge in [0.25, 0.3) is 0 Å². The van der Waals surface area contributed by atoms with Crippen LogP contribution in [0, 0.1) is 11.7 Å². The van der Waals surface area contributed by atoms with E-state index in [1.165, 1.54) is 28.0 Å². The minimum absolute atomic E-state index is 0.0939. The molecule has 0 aliphatic carbocycles.